The van der Waals surface area contributed by atoms with Gasteiger partial charge in [-0.05, 0) is 37.8 Å². The zero-order chi connectivity index (χ0) is 10.7. The van der Waals surface area contributed by atoms with Gasteiger partial charge < -0.3 is 4.90 Å². The molecule has 1 fully saturated rings. The van der Waals surface area contributed by atoms with E-state index in [1.807, 2.05) is 6.20 Å². The third-order valence-electron chi connectivity index (χ3n) is 3.44. The molecule has 0 amide bonds. The second-order valence-corrected chi connectivity index (χ2v) is 4.49. The Morgan fingerprint density at radius 3 is 2.73 bits per heavy atom. The summed E-state index contributed by atoms with van der Waals surface area (Å²) in [5.74, 6) is 0.948. The van der Waals surface area contributed by atoms with Crippen LogP contribution in [0.15, 0.2) is 18.3 Å². The molecule has 2 nitrogen and oxygen atoms in total. The Balaban J connectivity index is 2.01. The highest BCUT2D eigenvalue weighted by Gasteiger charge is 2.17. The number of nitrogens with zero attached hydrogens (tertiary/aromatic N) is 2. The first-order valence-electron chi connectivity index (χ1n) is 5.97. The van der Waals surface area contributed by atoms with Gasteiger partial charge in [0.2, 0.25) is 0 Å². The van der Waals surface area contributed by atoms with Crippen LogP contribution in [-0.4, -0.2) is 18.1 Å². The van der Waals surface area contributed by atoms with Gasteiger partial charge >= 0.3 is 0 Å². The molecule has 1 aliphatic rings. The number of hydrogen-bond acceptors (Lipinski definition) is 2. The van der Waals surface area contributed by atoms with Crippen molar-refractivity contribution in [1.82, 2.24) is 4.98 Å². The average molecular weight is 204 g/mol. The quantitative estimate of drug-likeness (QED) is 0.736. The predicted octanol–water partition coefficient (Wildman–Crippen LogP) is 3.02. The highest BCUT2D eigenvalue weighted by atomic mass is 15.1. The molecule has 0 atom stereocenters. The van der Waals surface area contributed by atoms with Crippen LogP contribution in [0.1, 0.15) is 31.9 Å². The van der Waals surface area contributed by atoms with E-state index >= 15 is 0 Å². The van der Waals surface area contributed by atoms with Gasteiger partial charge in [0.1, 0.15) is 0 Å². The molecular weight excluding hydrogens is 184 g/mol. The normalized spacial score (nSPS) is 18.1. The summed E-state index contributed by atoms with van der Waals surface area (Å²) in [6, 6.07) is 4.31. The fourth-order valence-electron chi connectivity index (χ4n) is 2.33. The number of aromatic nitrogens is 1. The standard InChI is InChI=1S/C13H20N2/c1-3-12-5-8-15(9-6-12)13-4-7-14-11(2)10-13/h4,7,10,12H,3,5-6,8-9H2,1-2H3. The molecule has 1 aromatic heterocycles. The molecule has 2 rings (SSSR count). The Bertz CT molecular complexity index is 314. The number of piperidine rings is 1. The minimum atomic E-state index is 0.948. The van der Waals surface area contributed by atoms with E-state index in [9.17, 15) is 0 Å². The highest BCUT2D eigenvalue weighted by molar-refractivity contribution is 5.46. The van der Waals surface area contributed by atoms with Crippen molar-refractivity contribution >= 4 is 5.69 Å². The van der Waals surface area contributed by atoms with Gasteiger partial charge in [-0.3, -0.25) is 4.98 Å². The first kappa shape index (κ1) is 10.5. The fraction of sp³-hybridized carbons (Fsp3) is 0.615. The average Bonchev–Trinajstić information content (AvgIpc) is 2.29. The molecule has 2 heterocycles. The van der Waals surface area contributed by atoms with Crippen LogP contribution in [0.2, 0.25) is 0 Å². The molecule has 1 saturated heterocycles. The second kappa shape index (κ2) is 4.65. The van der Waals surface area contributed by atoms with Gasteiger partial charge in [0.15, 0.2) is 0 Å². The van der Waals surface area contributed by atoms with Gasteiger partial charge in [0, 0.05) is 30.7 Å². The summed E-state index contributed by atoms with van der Waals surface area (Å²) in [5.41, 5.74) is 2.46. The zero-order valence-electron chi connectivity index (χ0n) is 9.74. The molecule has 0 saturated carbocycles. The number of rotatable bonds is 2. The van der Waals surface area contributed by atoms with Crippen molar-refractivity contribution in [3.05, 3.63) is 24.0 Å². The first-order valence-corrected chi connectivity index (χ1v) is 5.97. The van der Waals surface area contributed by atoms with E-state index in [1.54, 1.807) is 0 Å². The summed E-state index contributed by atoms with van der Waals surface area (Å²) in [7, 11) is 0. The number of anilines is 1. The van der Waals surface area contributed by atoms with E-state index < -0.39 is 0 Å². The smallest absolute Gasteiger partial charge is 0.0399 e. The van der Waals surface area contributed by atoms with Crippen LogP contribution in [0.5, 0.6) is 0 Å². The van der Waals surface area contributed by atoms with Crippen LogP contribution in [0, 0.1) is 12.8 Å². The molecule has 0 aliphatic carbocycles. The van der Waals surface area contributed by atoms with Crippen LogP contribution < -0.4 is 4.90 Å². The molecule has 0 radical (unpaired) electrons. The maximum absolute atomic E-state index is 4.24. The first-order chi connectivity index (χ1) is 7.29. The molecule has 0 N–H and O–H groups in total. The van der Waals surface area contributed by atoms with Crippen molar-refractivity contribution in [1.29, 1.82) is 0 Å². The van der Waals surface area contributed by atoms with Crippen LogP contribution in [0.4, 0.5) is 5.69 Å². The third-order valence-corrected chi connectivity index (χ3v) is 3.44. The SMILES string of the molecule is CCC1CCN(c2ccnc(C)c2)CC1. The minimum Gasteiger partial charge on any atom is -0.371 e. The molecule has 2 heteroatoms. The Kier molecular flexibility index (Phi) is 3.24. The molecule has 15 heavy (non-hydrogen) atoms. The molecular formula is C13H20N2. The van der Waals surface area contributed by atoms with E-state index in [0.717, 1.165) is 11.6 Å². The summed E-state index contributed by atoms with van der Waals surface area (Å²) >= 11 is 0. The second-order valence-electron chi connectivity index (χ2n) is 4.49. The van der Waals surface area contributed by atoms with Crippen molar-refractivity contribution in [2.45, 2.75) is 33.1 Å². The van der Waals surface area contributed by atoms with E-state index in [1.165, 1.54) is 38.0 Å². The van der Waals surface area contributed by atoms with E-state index in [2.05, 4.69) is 35.9 Å². The van der Waals surface area contributed by atoms with Gasteiger partial charge in [-0.1, -0.05) is 13.3 Å². The molecule has 0 spiro atoms. The molecule has 0 unspecified atom stereocenters. The number of hydrogen-bond donors (Lipinski definition) is 0. The maximum Gasteiger partial charge on any atom is 0.0399 e. The van der Waals surface area contributed by atoms with Gasteiger partial charge in [-0.15, -0.1) is 0 Å². The Morgan fingerprint density at radius 2 is 2.13 bits per heavy atom. The molecule has 82 valence electrons. The minimum absolute atomic E-state index is 0.948. The Morgan fingerprint density at radius 1 is 1.40 bits per heavy atom. The lowest BCUT2D eigenvalue weighted by atomic mass is 9.94. The number of pyridine rings is 1. The topological polar surface area (TPSA) is 16.1 Å². The van der Waals surface area contributed by atoms with Crippen molar-refractivity contribution in [2.75, 3.05) is 18.0 Å². The third kappa shape index (κ3) is 2.49. The molecule has 0 aromatic carbocycles. The van der Waals surface area contributed by atoms with Gasteiger partial charge in [0.25, 0.3) is 0 Å². The Hall–Kier alpha value is -1.05. The van der Waals surface area contributed by atoms with Crippen molar-refractivity contribution in [3.8, 4) is 0 Å². The molecule has 1 aliphatic heterocycles. The van der Waals surface area contributed by atoms with Crippen molar-refractivity contribution < 1.29 is 0 Å². The predicted molar refractivity (Wildman–Crippen MR) is 64.2 cm³/mol. The van der Waals surface area contributed by atoms with Crippen molar-refractivity contribution in [3.63, 3.8) is 0 Å². The van der Waals surface area contributed by atoms with Gasteiger partial charge in [-0.2, -0.15) is 0 Å². The van der Waals surface area contributed by atoms with E-state index in [4.69, 9.17) is 0 Å². The lowest BCUT2D eigenvalue weighted by molar-refractivity contribution is 0.395. The lowest BCUT2D eigenvalue weighted by Gasteiger charge is -2.33. The fourth-order valence-corrected chi connectivity index (χ4v) is 2.33. The van der Waals surface area contributed by atoms with Gasteiger partial charge in [0.05, 0.1) is 0 Å². The van der Waals surface area contributed by atoms with Crippen LogP contribution in [0.25, 0.3) is 0 Å². The van der Waals surface area contributed by atoms with Crippen LogP contribution >= 0.6 is 0 Å². The molecule has 0 bridgehead atoms. The number of aryl methyl sites for hydroxylation is 1. The zero-order valence-corrected chi connectivity index (χ0v) is 9.74. The molecule has 1 aromatic rings. The van der Waals surface area contributed by atoms with Crippen molar-refractivity contribution in [2.24, 2.45) is 5.92 Å². The van der Waals surface area contributed by atoms with E-state index in [0.29, 0.717) is 0 Å². The summed E-state index contributed by atoms with van der Waals surface area (Å²) in [6.07, 6.45) is 5.94. The van der Waals surface area contributed by atoms with E-state index in [-0.39, 0.29) is 0 Å². The van der Waals surface area contributed by atoms with Crippen LogP contribution in [-0.2, 0) is 0 Å². The summed E-state index contributed by atoms with van der Waals surface area (Å²) < 4.78 is 0. The summed E-state index contributed by atoms with van der Waals surface area (Å²) in [5, 5.41) is 0. The highest BCUT2D eigenvalue weighted by Crippen LogP contribution is 2.24. The lowest BCUT2D eigenvalue weighted by Crippen LogP contribution is -2.33. The summed E-state index contributed by atoms with van der Waals surface area (Å²) in [4.78, 5) is 6.73. The largest absolute Gasteiger partial charge is 0.371 e. The monoisotopic (exact) mass is 204 g/mol. The summed E-state index contributed by atoms with van der Waals surface area (Å²) in [6.45, 7) is 6.78. The Labute approximate surface area is 92.3 Å². The van der Waals surface area contributed by atoms with Gasteiger partial charge in [-0.25, -0.2) is 0 Å². The maximum atomic E-state index is 4.24. The van der Waals surface area contributed by atoms with Crippen LogP contribution in [0.3, 0.4) is 0 Å².